The molecule has 1 atom stereocenters. The van der Waals surface area contributed by atoms with Gasteiger partial charge in [-0.15, -0.1) is 0 Å². The van der Waals surface area contributed by atoms with Crippen LogP contribution in [0.1, 0.15) is 31.7 Å². The predicted molar refractivity (Wildman–Crippen MR) is 90.4 cm³/mol. The van der Waals surface area contributed by atoms with Crippen molar-refractivity contribution in [1.29, 1.82) is 0 Å². The summed E-state index contributed by atoms with van der Waals surface area (Å²) in [7, 11) is 0. The van der Waals surface area contributed by atoms with E-state index in [1.54, 1.807) is 0 Å². The lowest BCUT2D eigenvalue weighted by Gasteiger charge is -2.16. The molecule has 0 amide bonds. The van der Waals surface area contributed by atoms with Gasteiger partial charge >= 0.3 is 0 Å². The fourth-order valence-electron chi connectivity index (χ4n) is 3.01. The Morgan fingerprint density at radius 1 is 1.23 bits per heavy atom. The average Bonchev–Trinajstić information content (AvgIpc) is 3.07. The normalized spacial score (nSPS) is 18.0. The van der Waals surface area contributed by atoms with Gasteiger partial charge in [0.1, 0.15) is 5.75 Å². The Hall–Kier alpha value is -1.58. The maximum atomic E-state index is 5.95. The van der Waals surface area contributed by atoms with Gasteiger partial charge in [-0.05, 0) is 36.1 Å². The van der Waals surface area contributed by atoms with Crippen molar-refractivity contribution < 1.29 is 9.47 Å². The summed E-state index contributed by atoms with van der Waals surface area (Å²) in [5.41, 5.74) is 1.25. The second-order valence-electron chi connectivity index (χ2n) is 5.88. The van der Waals surface area contributed by atoms with E-state index in [0.717, 1.165) is 38.5 Å². The number of nitrogens with one attached hydrogen (secondary N) is 1. The van der Waals surface area contributed by atoms with Gasteiger partial charge in [0.25, 0.3) is 0 Å². The average molecular weight is 299 g/mol. The molecule has 1 unspecified atom stereocenters. The molecule has 118 valence electrons. The van der Waals surface area contributed by atoms with Gasteiger partial charge in [0.2, 0.25) is 0 Å². The van der Waals surface area contributed by atoms with Gasteiger partial charge in [-0.25, -0.2) is 0 Å². The lowest BCUT2D eigenvalue weighted by atomic mass is 10.0. The first kappa shape index (κ1) is 15.3. The van der Waals surface area contributed by atoms with Gasteiger partial charge in [0.15, 0.2) is 0 Å². The van der Waals surface area contributed by atoms with E-state index in [4.69, 9.17) is 9.47 Å². The van der Waals surface area contributed by atoms with Crippen LogP contribution in [0.2, 0.25) is 0 Å². The van der Waals surface area contributed by atoms with Crippen LogP contribution in [-0.4, -0.2) is 25.9 Å². The van der Waals surface area contributed by atoms with Gasteiger partial charge in [-0.3, -0.25) is 0 Å². The summed E-state index contributed by atoms with van der Waals surface area (Å²) in [5.74, 6) is 1.00. The summed E-state index contributed by atoms with van der Waals surface area (Å²) in [6, 6.07) is 12.7. The number of rotatable bonds is 7. The van der Waals surface area contributed by atoms with Crippen molar-refractivity contribution in [3.8, 4) is 5.75 Å². The molecule has 1 heterocycles. The molecule has 0 aromatic heterocycles. The van der Waals surface area contributed by atoms with Crippen LogP contribution in [0, 0.1) is 0 Å². The van der Waals surface area contributed by atoms with Crippen LogP contribution in [0.5, 0.6) is 5.75 Å². The van der Waals surface area contributed by atoms with Crippen LogP contribution in [0.25, 0.3) is 10.8 Å². The van der Waals surface area contributed by atoms with Crippen molar-refractivity contribution in [2.45, 2.75) is 38.8 Å². The summed E-state index contributed by atoms with van der Waals surface area (Å²) in [5, 5.41) is 6.09. The lowest BCUT2D eigenvalue weighted by Crippen LogP contribution is -2.26. The van der Waals surface area contributed by atoms with Crippen molar-refractivity contribution in [2.75, 3.05) is 19.8 Å². The van der Waals surface area contributed by atoms with Crippen LogP contribution < -0.4 is 10.1 Å². The molecule has 1 N–H and O–H groups in total. The van der Waals surface area contributed by atoms with Gasteiger partial charge in [-0.1, -0.05) is 37.3 Å². The molecule has 3 heteroatoms. The highest BCUT2D eigenvalue weighted by molar-refractivity contribution is 5.87. The molecule has 2 aromatic rings. The van der Waals surface area contributed by atoms with E-state index >= 15 is 0 Å². The smallest absolute Gasteiger partial charge is 0.124 e. The molecule has 3 nitrogen and oxygen atoms in total. The van der Waals surface area contributed by atoms with Crippen LogP contribution in [0.15, 0.2) is 36.4 Å². The highest BCUT2D eigenvalue weighted by Crippen LogP contribution is 2.28. The maximum absolute atomic E-state index is 5.95. The third kappa shape index (κ3) is 3.60. The number of ether oxygens (including phenoxy) is 2. The van der Waals surface area contributed by atoms with Gasteiger partial charge < -0.3 is 14.8 Å². The number of benzene rings is 2. The first-order valence-electron chi connectivity index (χ1n) is 8.34. The molecule has 0 aliphatic carbocycles. The first-order chi connectivity index (χ1) is 10.9. The van der Waals surface area contributed by atoms with Gasteiger partial charge in [0.05, 0.1) is 12.7 Å². The minimum Gasteiger partial charge on any atom is -0.493 e. The summed E-state index contributed by atoms with van der Waals surface area (Å²) in [6.07, 6.45) is 3.75. The van der Waals surface area contributed by atoms with Crippen LogP contribution >= 0.6 is 0 Å². The molecule has 3 rings (SSSR count). The molecular formula is C19H25NO2. The molecule has 1 aliphatic rings. The van der Waals surface area contributed by atoms with E-state index in [0.29, 0.717) is 6.10 Å². The van der Waals surface area contributed by atoms with E-state index in [-0.39, 0.29) is 0 Å². The fraction of sp³-hybridized carbons (Fsp3) is 0.474. The molecule has 1 aliphatic heterocycles. The minimum absolute atomic E-state index is 0.370. The number of hydrogen-bond donors (Lipinski definition) is 1. The number of hydrogen-bond acceptors (Lipinski definition) is 3. The Morgan fingerprint density at radius 3 is 2.95 bits per heavy atom. The molecule has 0 bridgehead atoms. The van der Waals surface area contributed by atoms with Crippen molar-refractivity contribution in [1.82, 2.24) is 5.32 Å². The summed E-state index contributed by atoms with van der Waals surface area (Å²) in [4.78, 5) is 0. The van der Waals surface area contributed by atoms with Crippen molar-refractivity contribution >= 4 is 10.8 Å². The topological polar surface area (TPSA) is 30.5 Å². The van der Waals surface area contributed by atoms with Crippen LogP contribution in [0.3, 0.4) is 0 Å². The second-order valence-corrected chi connectivity index (χ2v) is 5.88. The monoisotopic (exact) mass is 299 g/mol. The molecule has 0 radical (unpaired) electrons. The third-order valence-electron chi connectivity index (χ3n) is 4.16. The van der Waals surface area contributed by atoms with Gasteiger partial charge in [0, 0.05) is 25.3 Å². The SMILES string of the molecule is CCCOc1ccc2ccccc2c1CNCC1CCCO1. The Balaban J connectivity index is 1.77. The summed E-state index contributed by atoms with van der Waals surface area (Å²) >= 11 is 0. The summed E-state index contributed by atoms with van der Waals surface area (Å²) in [6.45, 7) is 5.54. The minimum atomic E-state index is 0.370. The molecular weight excluding hydrogens is 274 g/mol. The molecule has 22 heavy (non-hydrogen) atoms. The fourth-order valence-corrected chi connectivity index (χ4v) is 3.01. The zero-order chi connectivity index (χ0) is 15.2. The predicted octanol–water partition coefficient (Wildman–Crippen LogP) is 3.90. The van der Waals surface area contributed by atoms with E-state index in [1.165, 1.54) is 29.2 Å². The Kier molecular flexibility index (Phi) is 5.30. The number of fused-ring (bicyclic) bond motifs is 1. The lowest BCUT2D eigenvalue weighted by molar-refractivity contribution is 0.110. The van der Waals surface area contributed by atoms with E-state index in [1.807, 2.05) is 0 Å². The molecule has 0 saturated carbocycles. The zero-order valence-corrected chi connectivity index (χ0v) is 13.3. The quantitative estimate of drug-likeness (QED) is 0.841. The van der Waals surface area contributed by atoms with Crippen LogP contribution in [-0.2, 0) is 11.3 Å². The largest absolute Gasteiger partial charge is 0.493 e. The molecule has 1 saturated heterocycles. The zero-order valence-electron chi connectivity index (χ0n) is 13.3. The van der Waals surface area contributed by atoms with E-state index < -0.39 is 0 Å². The Bertz CT molecular complexity index is 605. The third-order valence-corrected chi connectivity index (χ3v) is 4.16. The molecule has 0 spiro atoms. The van der Waals surface area contributed by atoms with Crippen LogP contribution in [0.4, 0.5) is 0 Å². The van der Waals surface area contributed by atoms with Crippen molar-refractivity contribution in [3.63, 3.8) is 0 Å². The second kappa shape index (κ2) is 7.61. The van der Waals surface area contributed by atoms with Gasteiger partial charge in [-0.2, -0.15) is 0 Å². The highest BCUT2D eigenvalue weighted by Gasteiger charge is 2.15. The van der Waals surface area contributed by atoms with E-state index in [9.17, 15) is 0 Å². The standard InChI is InChI=1S/C19H25NO2/c1-2-11-22-19-10-9-15-6-3-4-8-17(15)18(19)14-20-13-16-7-5-12-21-16/h3-4,6,8-10,16,20H,2,5,7,11-14H2,1H3. The maximum Gasteiger partial charge on any atom is 0.124 e. The van der Waals surface area contributed by atoms with E-state index in [2.05, 4.69) is 48.6 Å². The first-order valence-corrected chi connectivity index (χ1v) is 8.34. The Labute approximate surface area is 132 Å². The van der Waals surface area contributed by atoms with Crippen molar-refractivity contribution in [2.24, 2.45) is 0 Å². The highest BCUT2D eigenvalue weighted by atomic mass is 16.5. The molecule has 1 fully saturated rings. The summed E-state index contributed by atoms with van der Waals surface area (Å²) < 4.78 is 11.6. The van der Waals surface area contributed by atoms with Crippen molar-refractivity contribution in [3.05, 3.63) is 42.0 Å². The Morgan fingerprint density at radius 2 is 2.14 bits per heavy atom. The molecule has 2 aromatic carbocycles.